The highest BCUT2D eigenvalue weighted by Gasteiger charge is 2.55. The van der Waals surface area contributed by atoms with Gasteiger partial charge in [-0.25, -0.2) is 4.79 Å². The minimum atomic E-state index is -0.806. The predicted octanol–water partition coefficient (Wildman–Crippen LogP) is 0.630. The molecule has 1 N–H and O–H groups in total. The molecule has 1 saturated carbocycles. The third-order valence-corrected chi connectivity index (χ3v) is 3.34. The maximum absolute atomic E-state index is 11.8. The van der Waals surface area contributed by atoms with Gasteiger partial charge in [0.05, 0.1) is 7.11 Å². The Labute approximate surface area is 88.7 Å². The molecule has 0 radical (unpaired) electrons. The van der Waals surface area contributed by atoms with Crippen LogP contribution in [0.25, 0.3) is 0 Å². The maximum atomic E-state index is 11.8. The molecule has 0 spiro atoms. The Morgan fingerprint density at radius 2 is 2.20 bits per heavy atom. The van der Waals surface area contributed by atoms with Crippen LogP contribution in [-0.4, -0.2) is 24.5 Å². The van der Waals surface area contributed by atoms with E-state index in [0.29, 0.717) is 12.3 Å². The molecule has 0 aromatic heterocycles. The molecule has 4 nitrogen and oxygen atoms in total. The number of carbonyl (C=O) groups is 2. The second kappa shape index (κ2) is 3.36. The van der Waals surface area contributed by atoms with Crippen molar-refractivity contribution >= 4 is 11.9 Å². The lowest BCUT2D eigenvalue weighted by molar-refractivity contribution is -0.152. The number of ether oxygens (including phenoxy) is 1. The van der Waals surface area contributed by atoms with Crippen molar-refractivity contribution in [3.63, 3.8) is 0 Å². The van der Waals surface area contributed by atoms with Gasteiger partial charge < -0.3 is 10.1 Å². The van der Waals surface area contributed by atoms with Crippen LogP contribution in [0.3, 0.4) is 0 Å². The molecule has 3 atom stereocenters. The van der Waals surface area contributed by atoms with Gasteiger partial charge in [-0.2, -0.15) is 0 Å². The number of amides is 1. The number of rotatable bonds is 2. The molecule has 0 heterocycles. The summed E-state index contributed by atoms with van der Waals surface area (Å²) in [4.78, 5) is 22.9. The average Bonchev–Trinajstić information content (AvgIpc) is 2.75. The van der Waals surface area contributed by atoms with Crippen molar-refractivity contribution in [2.75, 3.05) is 7.11 Å². The summed E-state index contributed by atoms with van der Waals surface area (Å²) in [6.07, 6.45) is 5.74. The topological polar surface area (TPSA) is 55.4 Å². The van der Waals surface area contributed by atoms with Gasteiger partial charge in [0.25, 0.3) is 0 Å². The van der Waals surface area contributed by atoms with E-state index in [4.69, 9.17) is 4.74 Å². The fourth-order valence-corrected chi connectivity index (χ4v) is 2.78. The van der Waals surface area contributed by atoms with Crippen molar-refractivity contribution in [3.8, 4) is 0 Å². The summed E-state index contributed by atoms with van der Waals surface area (Å²) < 4.78 is 4.80. The summed E-state index contributed by atoms with van der Waals surface area (Å²) in [5.74, 6) is -0.00398. The maximum Gasteiger partial charge on any atom is 0.332 e. The smallest absolute Gasteiger partial charge is 0.332 e. The number of esters is 1. The molecule has 0 aliphatic heterocycles. The van der Waals surface area contributed by atoms with Gasteiger partial charge in [0.15, 0.2) is 0 Å². The molecule has 0 aromatic rings. The van der Waals surface area contributed by atoms with Crippen molar-refractivity contribution < 1.29 is 14.3 Å². The first kappa shape index (κ1) is 10.2. The number of allylic oxidation sites excluding steroid dienone is 1. The van der Waals surface area contributed by atoms with Gasteiger partial charge in [-0.15, -0.1) is 0 Å². The van der Waals surface area contributed by atoms with Crippen LogP contribution >= 0.6 is 0 Å². The van der Waals surface area contributed by atoms with Crippen molar-refractivity contribution in [2.24, 2.45) is 11.8 Å². The van der Waals surface area contributed by atoms with E-state index < -0.39 is 5.54 Å². The molecule has 0 unspecified atom stereocenters. The van der Waals surface area contributed by atoms with Crippen LogP contribution in [0.15, 0.2) is 12.2 Å². The van der Waals surface area contributed by atoms with Crippen LogP contribution in [0.1, 0.15) is 19.8 Å². The lowest BCUT2D eigenvalue weighted by atomic mass is 9.84. The molecule has 2 bridgehead atoms. The Morgan fingerprint density at radius 3 is 2.60 bits per heavy atom. The second-order valence-electron chi connectivity index (χ2n) is 4.34. The van der Waals surface area contributed by atoms with E-state index in [-0.39, 0.29) is 17.8 Å². The lowest BCUT2D eigenvalue weighted by Crippen LogP contribution is -2.57. The van der Waals surface area contributed by atoms with E-state index in [1.54, 1.807) is 0 Å². The highest BCUT2D eigenvalue weighted by Crippen LogP contribution is 2.46. The first-order valence-electron chi connectivity index (χ1n) is 5.14. The molecule has 1 amide bonds. The summed E-state index contributed by atoms with van der Waals surface area (Å²) >= 11 is 0. The van der Waals surface area contributed by atoms with Crippen molar-refractivity contribution in [1.82, 2.24) is 5.32 Å². The van der Waals surface area contributed by atoms with Crippen LogP contribution in [0.5, 0.6) is 0 Å². The minimum Gasteiger partial charge on any atom is -0.467 e. The van der Waals surface area contributed by atoms with Crippen LogP contribution < -0.4 is 5.32 Å². The third-order valence-electron chi connectivity index (χ3n) is 3.34. The van der Waals surface area contributed by atoms with E-state index in [2.05, 4.69) is 11.4 Å². The van der Waals surface area contributed by atoms with E-state index in [9.17, 15) is 9.59 Å². The van der Waals surface area contributed by atoms with Crippen LogP contribution in [0, 0.1) is 11.8 Å². The average molecular weight is 209 g/mol. The zero-order valence-corrected chi connectivity index (χ0v) is 8.95. The Balaban J connectivity index is 2.28. The number of hydrogen-bond donors (Lipinski definition) is 1. The fraction of sp³-hybridized carbons (Fsp3) is 0.636. The van der Waals surface area contributed by atoms with E-state index in [1.807, 2.05) is 6.08 Å². The highest BCUT2D eigenvalue weighted by molar-refractivity contribution is 5.88. The van der Waals surface area contributed by atoms with Crippen molar-refractivity contribution in [2.45, 2.75) is 25.3 Å². The van der Waals surface area contributed by atoms with Gasteiger partial charge in [0.1, 0.15) is 5.54 Å². The molecule has 82 valence electrons. The molecular weight excluding hydrogens is 194 g/mol. The zero-order valence-electron chi connectivity index (χ0n) is 8.95. The number of carbonyl (C=O) groups excluding carboxylic acids is 2. The first-order chi connectivity index (χ1) is 7.08. The lowest BCUT2D eigenvalue weighted by Gasteiger charge is -2.33. The van der Waals surface area contributed by atoms with Gasteiger partial charge in [-0.3, -0.25) is 4.79 Å². The molecular formula is C11H15NO3. The molecule has 0 saturated heterocycles. The van der Waals surface area contributed by atoms with E-state index in [0.717, 1.165) is 6.42 Å². The van der Waals surface area contributed by atoms with E-state index >= 15 is 0 Å². The Hall–Kier alpha value is -1.32. The predicted molar refractivity (Wildman–Crippen MR) is 53.9 cm³/mol. The van der Waals surface area contributed by atoms with Crippen molar-refractivity contribution in [1.29, 1.82) is 0 Å². The molecule has 2 rings (SSSR count). The Bertz CT molecular complexity index is 337. The van der Waals surface area contributed by atoms with E-state index in [1.165, 1.54) is 14.0 Å². The van der Waals surface area contributed by atoms with Gasteiger partial charge in [-0.1, -0.05) is 12.2 Å². The summed E-state index contributed by atoms with van der Waals surface area (Å²) in [6, 6.07) is 0. The molecule has 4 heteroatoms. The normalized spacial score (nSPS) is 36.7. The third kappa shape index (κ3) is 1.44. The second-order valence-corrected chi connectivity index (χ2v) is 4.34. The van der Waals surface area contributed by atoms with Crippen LogP contribution in [0.4, 0.5) is 0 Å². The molecule has 1 fully saturated rings. The molecule has 2 aliphatic carbocycles. The number of fused-ring (bicyclic) bond motifs is 2. The fourth-order valence-electron chi connectivity index (χ4n) is 2.78. The van der Waals surface area contributed by atoms with Crippen LogP contribution in [-0.2, 0) is 14.3 Å². The molecule has 2 aliphatic rings. The Kier molecular flexibility index (Phi) is 2.29. The van der Waals surface area contributed by atoms with Crippen molar-refractivity contribution in [3.05, 3.63) is 12.2 Å². The molecule has 0 aromatic carbocycles. The standard InChI is InChI=1S/C11H15NO3/c1-7(13)12-11(10(14)15-2)6-8-3-4-9(11)5-8/h3-4,8-9H,5-6H2,1-2H3,(H,12,13)/t8-,9-,11+/m0/s1. The number of hydrogen-bond acceptors (Lipinski definition) is 3. The van der Waals surface area contributed by atoms with Gasteiger partial charge in [0.2, 0.25) is 5.91 Å². The largest absolute Gasteiger partial charge is 0.467 e. The summed E-state index contributed by atoms with van der Waals surface area (Å²) in [6.45, 7) is 1.43. The summed E-state index contributed by atoms with van der Waals surface area (Å²) in [5, 5.41) is 2.77. The van der Waals surface area contributed by atoms with Gasteiger partial charge in [0, 0.05) is 12.8 Å². The summed E-state index contributed by atoms with van der Waals surface area (Å²) in [5.41, 5.74) is -0.806. The quantitative estimate of drug-likeness (QED) is 0.536. The number of methoxy groups -OCH3 is 1. The van der Waals surface area contributed by atoms with Gasteiger partial charge in [-0.05, 0) is 18.8 Å². The molecule has 15 heavy (non-hydrogen) atoms. The zero-order chi connectivity index (χ0) is 11.1. The van der Waals surface area contributed by atoms with Crippen LogP contribution in [0.2, 0.25) is 0 Å². The SMILES string of the molecule is COC(=O)[C@@]1(NC(C)=O)C[C@H]2C=C[C@H]1C2. The minimum absolute atomic E-state index is 0.0962. The highest BCUT2D eigenvalue weighted by atomic mass is 16.5. The number of nitrogens with one attached hydrogen (secondary N) is 1. The van der Waals surface area contributed by atoms with Gasteiger partial charge >= 0.3 is 5.97 Å². The summed E-state index contributed by atoms with van der Waals surface area (Å²) in [7, 11) is 1.36. The first-order valence-corrected chi connectivity index (χ1v) is 5.14. The Morgan fingerprint density at radius 1 is 1.47 bits per heavy atom. The monoisotopic (exact) mass is 209 g/mol.